The number of rotatable bonds is 2. The van der Waals surface area contributed by atoms with Gasteiger partial charge in [0, 0.05) is 12.0 Å². The van der Waals surface area contributed by atoms with Crippen LogP contribution in [0.15, 0.2) is 18.3 Å². The van der Waals surface area contributed by atoms with Gasteiger partial charge in [-0.25, -0.2) is 4.68 Å². The van der Waals surface area contributed by atoms with Gasteiger partial charge in [-0.15, -0.1) is 0 Å². The smallest absolute Gasteiger partial charge is 0.150 e. The first-order valence-corrected chi connectivity index (χ1v) is 6.49. The molecule has 1 aliphatic rings. The number of fused-ring (bicyclic) bond motifs is 1. The maximum atomic E-state index is 9.36. The summed E-state index contributed by atoms with van der Waals surface area (Å²) in [4.78, 5) is 0. The van der Waals surface area contributed by atoms with E-state index in [4.69, 9.17) is 4.74 Å². The molecule has 0 saturated carbocycles. The third-order valence-corrected chi connectivity index (χ3v) is 3.65. The number of aliphatic hydroxyl groups is 1. The van der Waals surface area contributed by atoms with E-state index in [2.05, 4.69) is 11.2 Å². The average molecular weight is 246 g/mol. The monoisotopic (exact) mass is 246 g/mol. The van der Waals surface area contributed by atoms with E-state index in [9.17, 15) is 5.11 Å². The van der Waals surface area contributed by atoms with E-state index in [1.807, 2.05) is 23.9 Å². The molecule has 3 rings (SSSR count). The van der Waals surface area contributed by atoms with Crippen LogP contribution in [0.5, 0.6) is 0 Å². The van der Waals surface area contributed by atoms with Crippen LogP contribution >= 0.6 is 0 Å². The van der Waals surface area contributed by atoms with Crippen LogP contribution in [0.4, 0.5) is 0 Å². The number of nitrogens with zero attached hydrogens (tertiary/aromatic N) is 2. The molecule has 2 aromatic rings. The lowest BCUT2D eigenvalue weighted by Crippen LogP contribution is -2.19. The molecule has 2 heterocycles. The minimum absolute atomic E-state index is 0.0468. The predicted molar refractivity (Wildman–Crippen MR) is 69.2 cm³/mol. The van der Waals surface area contributed by atoms with Crippen molar-refractivity contribution in [1.82, 2.24) is 9.78 Å². The van der Waals surface area contributed by atoms with Gasteiger partial charge in [0.2, 0.25) is 0 Å². The molecule has 1 unspecified atom stereocenters. The molecule has 0 radical (unpaired) electrons. The second-order valence-electron chi connectivity index (χ2n) is 4.91. The van der Waals surface area contributed by atoms with E-state index in [-0.39, 0.29) is 12.8 Å². The molecular formula is C14H18N2O2. The third kappa shape index (κ3) is 1.91. The molecule has 1 aromatic heterocycles. The van der Waals surface area contributed by atoms with Crippen molar-refractivity contribution in [3.05, 3.63) is 29.5 Å². The maximum absolute atomic E-state index is 9.36. The number of hydrogen-bond acceptors (Lipinski definition) is 3. The second kappa shape index (κ2) is 4.71. The van der Waals surface area contributed by atoms with Gasteiger partial charge in [-0.2, -0.15) is 5.10 Å². The summed E-state index contributed by atoms with van der Waals surface area (Å²) < 4.78 is 7.72. The van der Waals surface area contributed by atoms with Crippen LogP contribution in [-0.4, -0.2) is 21.5 Å². The van der Waals surface area contributed by atoms with Crippen LogP contribution in [0, 0.1) is 6.92 Å². The SMILES string of the molecule is Cc1cc2cnn(C3CCCCO3)c2cc1CO. The zero-order chi connectivity index (χ0) is 12.5. The minimum atomic E-state index is 0.0468. The third-order valence-electron chi connectivity index (χ3n) is 3.65. The fraction of sp³-hybridized carbons (Fsp3) is 0.500. The molecular weight excluding hydrogens is 228 g/mol. The summed E-state index contributed by atoms with van der Waals surface area (Å²) in [5.41, 5.74) is 3.12. The standard InChI is InChI=1S/C14H18N2O2/c1-10-6-11-8-15-16(13(11)7-12(10)9-17)14-4-2-3-5-18-14/h6-8,14,17H,2-5,9H2,1H3. The van der Waals surface area contributed by atoms with Crippen molar-refractivity contribution < 1.29 is 9.84 Å². The Morgan fingerprint density at radius 2 is 2.33 bits per heavy atom. The Morgan fingerprint density at radius 3 is 3.06 bits per heavy atom. The Kier molecular flexibility index (Phi) is 3.06. The number of benzene rings is 1. The van der Waals surface area contributed by atoms with Crippen LogP contribution in [0.2, 0.25) is 0 Å². The minimum Gasteiger partial charge on any atom is -0.392 e. The van der Waals surface area contributed by atoms with Crippen LogP contribution in [-0.2, 0) is 11.3 Å². The van der Waals surface area contributed by atoms with Crippen LogP contribution in [0.3, 0.4) is 0 Å². The van der Waals surface area contributed by atoms with Crippen molar-refractivity contribution in [3.63, 3.8) is 0 Å². The van der Waals surface area contributed by atoms with Gasteiger partial charge in [0.15, 0.2) is 6.23 Å². The van der Waals surface area contributed by atoms with Crippen LogP contribution in [0.25, 0.3) is 10.9 Å². The summed E-state index contributed by atoms with van der Waals surface area (Å²) in [5, 5.41) is 14.9. The van der Waals surface area contributed by atoms with E-state index < -0.39 is 0 Å². The lowest BCUT2D eigenvalue weighted by atomic mass is 10.1. The zero-order valence-corrected chi connectivity index (χ0v) is 10.6. The lowest BCUT2D eigenvalue weighted by molar-refractivity contribution is -0.0366. The highest BCUT2D eigenvalue weighted by Crippen LogP contribution is 2.27. The molecule has 0 bridgehead atoms. The average Bonchev–Trinajstić information content (AvgIpc) is 2.81. The summed E-state index contributed by atoms with van der Waals surface area (Å²) >= 11 is 0. The summed E-state index contributed by atoms with van der Waals surface area (Å²) in [7, 11) is 0. The van der Waals surface area contributed by atoms with Gasteiger partial charge >= 0.3 is 0 Å². The van der Waals surface area contributed by atoms with Gasteiger partial charge < -0.3 is 9.84 Å². The van der Waals surface area contributed by atoms with E-state index in [0.717, 1.165) is 41.5 Å². The molecule has 0 amide bonds. The fourth-order valence-electron chi connectivity index (χ4n) is 2.57. The van der Waals surface area contributed by atoms with Crippen molar-refractivity contribution in [3.8, 4) is 0 Å². The van der Waals surface area contributed by atoms with Gasteiger partial charge in [-0.3, -0.25) is 0 Å². The van der Waals surface area contributed by atoms with Crippen molar-refractivity contribution >= 4 is 10.9 Å². The normalized spacial score (nSPS) is 20.4. The largest absolute Gasteiger partial charge is 0.392 e. The van der Waals surface area contributed by atoms with E-state index in [1.54, 1.807) is 0 Å². The second-order valence-corrected chi connectivity index (χ2v) is 4.91. The highest BCUT2D eigenvalue weighted by atomic mass is 16.5. The molecule has 96 valence electrons. The summed E-state index contributed by atoms with van der Waals surface area (Å²) in [6, 6.07) is 4.10. The van der Waals surface area contributed by atoms with Crippen LogP contribution < -0.4 is 0 Å². The Morgan fingerprint density at radius 1 is 1.44 bits per heavy atom. The number of ether oxygens (including phenoxy) is 1. The molecule has 1 N–H and O–H groups in total. The number of aliphatic hydroxyl groups excluding tert-OH is 1. The molecule has 1 aliphatic heterocycles. The van der Waals surface area contributed by atoms with Crippen LogP contribution in [0.1, 0.15) is 36.6 Å². The van der Waals surface area contributed by atoms with Gasteiger partial charge in [0.25, 0.3) is 0 Å². The molecule has 1 aromatic carbocycles. The number of hydrogen-bond donors (Lipinski definition) is 1. The number of aryl methyl sites for hydroxylation is 1. The lowest BCUT2D eigenvalue weighted by Gasteiger charge is -2.23. The molecule has 4 nitrogen and oxygen atoms in total. The first-order valence-electron chi connectivity index (χ1n) is 6.49. The molecule has 0 aliphatic carbocycles. The highest BCUT2D eigenvalue weighted by molar-refractivity contribution is 5.80. The quantitative estimate of drug-likeness (QED) is 0.885. The van der Waals surface area contributed by atoms with Gasteiger partial charge in [0.05, 0.1) is 18.3 Å². The molecule has 1 fully saturated rings. The van der Waals surface area contributed by atoms with Crippen molar-refractivity contribution in [1.29, 1.82) is 0 Å². The van der Waals surface area contributed by atoms with E-state index >= 15 is 0 Å². The van der Waals surface area contributed by atoms with E-state index in [0.29, 0.717) is 0 Å². The Bertz CT molecular complexity index is 556. The predicted octanol–water partition coefficient (Wildman–Crippen LogP) is 2.54. The maximum Gasteiger partial charge on any atom is 0.150 e. The Labute approximate surface area is 106 Å². The molecule has 4 heteroatoms. The number of aromatic nitrogens is 2. The molecule has 1 saturated heterocycles. The fourth-order valence-corrected chi connectivity index (χ4v) is 2.57. The molecule has 18 heavy (non-hydrogen) atoms. The molecule has 0 spiro atoms. The van der Waals surface area contributed by atoms with Gasteiger partial charge in [-0.05, 0) is 49.4 Å². The summed E-state index contributed by atoms with van der Waals surface area (Å²) in [6.07, 6.45) is 5.26. The first-order chi connectivity index (χ1) is 8.79. The van der Waals surface area contributed by atoms with Gasteiger partial charge in [-0.1, -0.05) is 0 Å². The first kappa shape index (κ1) is 11.7. The topological polar surface area (TPSA) is 47.3 Å². The van der Waals surface area contributed by atoms with Crippen molar-refractivity contribution in [2.24, 2.45) is 0 Å². The molecule has 1 atom stereocenters. The summed E-state index contributed by atoms with van der Waals surface area (Å²) in [5.74, 6) is 0. The zero-order valence-electron chi connectivity index (χ0n) is 10.6. The van der Waals surface area contributed by atoms with E-state index in [1.165, 1.54) is 6.42 Å². The Hall–Kier alpha value is -1.39. The van der Waals surface area contributed by atoms with Gasteiger partial charge in [0.1, 0.15) is 0 Å². The summed E-state index contributed by atoms with van der Waals surface area (Å²) in [6.45, 7) is 2.89. The van der Waals surface area contributed by atoms with Crippen molar-refractivity contribution in [2.75, 3.05) is 6.61 Å². The van der Waals surface area contributed by atoms with Crippen molar-refractivity contribution in [2.45, 2.75) is 39.0 Å². The highest BCUT2D eigenvalue weighted by Gasteiger charge is 2.18. The Balaban J connectivity index is 2.06.